The van der Waals surface area contributed by atoms with E-state index >= 15 is 0 Å². The topological polar surface area (TPSA) is 63.9 Å². The Kier molecular flexibility index (Phi) is 2.99. The summed E-state index contributed by atoms with van der Waals surface area (Å²) in [4.78, 5) is 0. The lowest BCUT2D eigenvalue weighted by molar-refractivity contribution is 0.373. The van der Waals surface area contributed by atoms with Crippen molar-refractivity contribution in [1.29, 1.82) is 0 Å². The van der Waals surface area contributed by atoms with Crippen LogP contribution in [0, 0.1) is 0 Å². The summed E-state index contributed by atoms with van der Waals surface area (Å²) in [6.45, 7) is 1.49. The smallest absolute Gasteiger partial charge is 0.126 e. The zero-order chi connectivity index (χ0) is 12.4. The Bertz CT molecular complexity index is 522. The maximum atomic E-state index is 13.3. The first-order chi connectivity index (χ1) is 8.13. The highest BCUT2D eigenvalue weighted by molar-refractivity contribution is 5.78. The van der Waals surface area contributed by atoms with E-state index in [1.807, 2.05) is 0 Å². The van der Waals surface area contributed by atoms with Crippen molar-refractivity contribution in [3.05, 3.63) is 30.0 Å². The number of nitrogens with one attached hydrogen (secondary N) is 1. The molecule has 2 aromatic rings. The number of rotatable bonds is 3. The Balaban J connectivity index is 2.57. The van der Waals surface area contributed by atoms with Crippen LogP contribution in [-0.4, -0.2) is 17.3 Å². The van der Waals surface area contributed by atoms with Crippen molar-refractivity contribution in [2.24, 2.45) is 0 Å². The molecule has 1 aromatic heterocycles. The van der Waals surface area contributed by atoms with Gasteiger partial charge in [-0.3, -0.25) is 5.10 Å². The fourth-order valence-corrected chi connectivity index (χ4v) is 1.69. The summed E-state index contributed by atoms with van der Waals surface area (Å²) in [5.41, 5.74) is 7.79. The number of methoxy groups -OCH3 is 1. The van der Waals surface area contributed by atoms with Gasteiger partial charge in [0.05, 0.1) is 13.3 Å². The molecule has 2 rings (SSSR count). The summed E-state index contributed by atoms with van der Waals surface area (Å²) >= 11 is 0. The van der Waals surface area contributed by atoms with Crippen molar-refractivity contribution in [2.45, 2.75) is 13.1 Å². The number of alkyl halides is 1. The van der Waals surface area contributed by atoms with Crippen molar-refractivity contribution >= 4 is 5.82 Å². The summed E-state index contributed by atoms with van der Waals surface area (Å²) in [6.07, 6.45) is 0.563. The Morgan fingerprint density at radius 2 is 2.18 bits per heavy atom. The molecule has 1 aromatic carbocycles. The second-order valence-corrected chi connectivity index (χ2v) is 3.77. The molecule has 0 amide bonds. The van der Waals surface area contributed by atoms with Gasteiger partial charge in [0.25, 0.3) is 0 Å². The van der Waals surface area contributed by atoms with Gasteiger partial charge in [0, 0.05) is 11.1 Å². The quantitative estimate of drug-likeness (QED) is 0.859. The van der Waals surface area contributed by atoms with Gasteiger partial charge in [-0.2, -0.15) is 5.10 Å². The molecule has 0 radical (unpaired) electrons. The number of anilines is 1. The molecule has 0 saturated heterocycles. The van der Waals surface area contributed by atoms with Crippen LogP contribution in [0.4, 0.5) is 10.2 Å². The molecule has 1 heterocycles. The number of hydrogen-bond donors (Lipinski definition) is 2. The molecular weight excluding hydrogens is 221 g/mol. The molecule has 1 unspecified atom stereocenters. The number of ether oxygens (including phenoxy) is 1. The van der Waals surface area contributed by atoms with Gasteiger partial charge in [-0.25, -0.2) is 4.39 Å². The minimum Gasteiger partial charge on any atom is -0.496 e. The van der Waals surface area contributed by atoms with Crippen molar-refractivity contribution in [3.8, 4) is 16.9 Å². The number of hydrogen-bond acceptors (Lipinski definition) is 3. The van der Waals surface area contributed by atoms with E-state index in [2.05, 4.69) is 10.2 Å². The number of aromatic nitrogens is 2. The highest BCUT2D eigenvalue weighted by Crippen LogP contribution is 2.35. The summed E-state index contributed by atoms with van der Waals surface area (Å²) in [5.74, 6) is 1.08. The van der Waals surface area contributed by atoms with Gasteiger partial charge < -0.3 is 10.5 Å². The third kappa shape index (κ3) is 2.08. The van der Waals surface area contributed by atoms with Crippen molar-refractivity contribution < 1.29 is 9.13 Å². The highest BCUT2D eigenvalue weighted by atomic mass is 19.1. The van der Waals surface area contributed by atoms with E-state index in [-0.39, 0.29) is 0 Å². The molecule has 0 aliphatic rings. The van der Waals surface area contributed by atoms with Crippen LogP contribution in [0.3, 0.4) is 0 Å². The van der Waals surface area contributed by atoms with Crippen LogP contribution >= 0.6 is 0 Å². The SMILES string of the molecule is COc1ccc(C(C)F)cc1-c1cn[nH]c1N. The first-order valence-corrected chi connectivity index (χ1v) is 5.24. The van der Waals surface area contributed by atoms with E-state index < -0.39 is 6.17 Å². The second kappa shape index (κ2) is 4.45. The third-order valence-corrected chi connectivity index (χ3v) is 2.64. The standard InChI is InChI=1S/C12H14FN3O/c1-7(13)8-3-4-11(17-2)9(5-8)10-6-15-16-12(10)14/h3-7H,1-2H3,(H3,14,15,16). The average Bonchev–Trinajstić information content (AvgIpc) is 2.74. The number of nitrogen functional groups attached to an aromatic ring is 1. The van der Waals surface area contributed by atoms with Crippen molar-refractivity contribution in [3.63, 3.8) is 0 Å². The Labute approximate surface area is 98.6 Å². The molecule has 17 heavy (non-hydrogen) atoms. The van der Waals surface area contributed by atoms with Gasteiger partial charge in [0.15, 0.2) is 0 Å². The summed E-state index contributed by atoms with van der Waals surface area (Å²) < 4.78 is 18.5. The second-order valence-electron chi connectivity index (χ2n) is 3.77. The molecule has 0 fully saturated rings. The van der Waals surface area contributed by atoms with Gasteiger partial charge in [-0.15, -0.1) is 0 Å². The fraction of sp³-hybridized carbons (Fsp3) is 0.250. The van der Waals surface area contributed by atoms with Gasteiger partial charge in [0.1, 0.15) is 17.7 Å². The van der Waals surface area contributed by atoms with E-state index in [4.69, 9.17) is 10.5 Å². The first kappa shape index (κ1) is 11.4. The average molecular weight is 235 g/mol. The van der Waals surface area contributed by atoms with Gasteiger partial charge >= 0.3 is 0 Å². The fourth-order valence-electron chi connectivity index (χ4n) is 1.69. The van der Waals surface area contributed by atoms with Crippen LogP contribution in [0.1, 0.15) is 18.7 Å². The van der Waals surface area contributed by atoms with Gasteiger partial charge in [0.2, 0.25) is 0 Å². The van der Waals surface area contributed by atoms with Gasteiger partial charge in [-0.05, 0) is 24.6 Å². The number of nitrogens with two attached hydrogens (primary N) is 1. The molecular formula is C12H14FN3O. The minimum atomic E-state index is -1.03. The number of H-pyrrole nitrogens is 1. The first-order valence-electron chi connectivity index (χ1n) is 5.24. The molecule has 4 nitrogen and oxygen atoms in total. The molecule has 1 atom stereocenters. The van der Waals surface area contributed by atoms with Crippen molar-refractivity contribution in [2.75, 3.05) is 12.8 Å². The molecule has 0 bridgehead atoms. The molecule has 90 valence electrons. The Hall–Kier alpha value is -2.04. The maximum absolute atomic E-state index is 13.3. The van der Waals surface area contributed by atoms with Crippen LogP contribution in [-0.2, 0) is 0 Å². The van der Waals surface area contributed by atoms with E-state index in [0.717, 1.165) is 5.56 Å². The van der Waals surface area contributed by atoms with E-state index in [1.165, 1.54) is 6.92 Å². The number of aromatic amines is 1. The zero-order valence-corrected chi connectivity index (χ0v) is 9.70. The molecule has 0 aliphatic heterocycles. The Morgan fingerprint density at radius 1 is 1.41 bits per heavy atom. The van der Waals surface area contributed by atoms with Crippen molar-refractivity contribution in [1.82, 2.24) is 10.2 Å². The number of benzene rings is 1. The van der Waals surface area contributed by atoms with Crippen LogP contribution in [0.25, 0.3) is 11.1 Å². The Morgan fingerprint density at radius 3 is 2.71 bits per heavy atom. The van der Waals surface area contributed by atoms with Crippen LogP contribution < -0.4 is 10.5 Å². The molecule has 0 aliphatic carbocycles. The number of halogens is 1. The molecule has 5 heteroatoms. The lowest BCUT2D eigenvalue weighted by Crippen LogP contribution is -1.94. The van der Waals surface area contributed by atoms with E-state index in [9.17, 15) is 4.39 Å². The normalized spacial score (nSPS) is 12.4. The largest absolute Gasteiger partial charge is 0.496 e. The highest BCUT2D eigenvalue weighted by Gasteiger charge is 2.13. The van der Waals surface area contributed by atoms with Gasteiger partial charge in [-0.1, -0.05) is 6.07 Å². The predicted octanol–water partition coefficient (Wildman–Crippen LogP) is 2.70. The van der Waals surface area contributed by atoms with E-state index in [0.29, 0.717) is 22.7 Å². The molecule has 0 saturated carbocycles. The van der Waals surface area contributed by atoms with Crippen LogP contribution in [0.5, 0.6) is 5.75 Å². The predicted molar refractivity (Wildman–Crippen MR) is 64.5 cm³/mol. The monoisotopic (exact) mass is 235 g/mol. The maximum Gasteiger partial charge on any atom is 0.126 e. The lowest BCUT2D eigenvalue weighted by Gasteiger charge is -2.10. The third-order valence-electron chi connectivity index (χ3n) is 2.64. The summed E-state index contributed by atoms with van der Waals surface area (Å²) in [6, 6.07) is 5.15. The summed E-state index contributed by atoms with van der Waals surface area (Å²) in [5, 5.41) is 6.49. The van der Waals surface area contributed by atoms with E-state index in [1.54, 1.807) is 31.5 Å². The summed E-state index contributed by atoms with van der Waals surface area (Å²) in [7, 11) is 1.56. The van der Waals surface area contributed by atoms with Crippen LogP contribution in [0.2, 0.25) is 0 Å². The van der Waals surface area contributed by atoms with Crippen LogP contribution in [0.15, 0.2) is 24.4 Å². The number of nitrogens with zero attached hydrogens (tertiary/aromatic N) is 1. The molecule has 3 N–H and O–H groups in total. The zero-order valence-electron chi connectivity index (χ0n) is 9.70. The lowest BCUT2D eigenvalue weighted by atomic mass is 10.0. The molecule has 0 spiro atoms. The minimum absolute atomic E-state index is 0.437.